The van der Waals surface area contributed by atoms with E-state index in [0.29, 0.717) is 0 Å². The highest BCUT2D eigenvalue weighted by atomic mass is 16.7. The van der Waals surface area contributed by atoms with Crippen molar-refractivity contribution in [2.45, 2.75) is 19.1 Å². The summed E-state index contributed by atoms with van der Waals surface area (Å²) in [6.07, 6.45) is 1.28. The summed E-state index contributed by atoms with van der Waals surface area (Å²) in [5.41, 5.74) is 1.95. The highest BCUT2D eigenvalue weighted by molar-refractivity contribution is 6.00. The number of rotatable bonds is 3. The van der Waals surface area contributed by atoms with E-state index in [1.807, 2.05) is 24.3 Å². The standard InChI is InChI=1S/C13H16O3/c1-15-13(16-2)11-8-7-9-5-3-4-6-10(9)12(11)14/h3-6,11,13H,7-8H2,1-2H3. The Kier molecular flexibility index (Phi) is 3.36. The molecule has 1 aromatic carbocycles. The van der Waals surface area contributed by atoms with Crippen molar-refractivity contribution in [2.24, 2.45) is 5.92 Å². The molecule has 1 aromatic rings. The van der Waals surface area contributed by atoms with E-state index >= 15 is 0 Å². The molecule has 0 N–H and O–H groups in total. The van der Waals surface area contributed by atoms with Gasteiger partial charge in [-0.1, -0.05) is 24.3 Å². The maximum Gasteiger partial charge on any atom is 0.171 e. The fraction of sp³-hybridized carbons (Fsp3) is 0.462. The lowest BCUT2D eigenvalue weighted by Gasteiger charge is -2.28. The van der Waals surface area contributed by atoms with E-state index < -0.39 is 6.29 Å². The van der Waals surface area contributed by atoms with Gasteiger partial charge in [0.05, 0.1) is 5.92 Å². The van der Waals surface area contributed by atoms with Gasteiger partial charge in [-0.05, 0) is 18.4 Å². The molecule has 0 aliphatic heterocycles. The first-order valence-corrected chi connectivity index (χ1v) is 5.45. The number of benzene rings is 1. The summed E-state index contributed by atoms with van der Waals surface area (Å²) in [5, 5.41) is 0. The van der Waals surface area contributed by atoms with Gasteiger partial charge < -0.3 is 9.47 Å². The molecule has 0 spiro atoms. The lowest BCUT2D eigenvalue weighted by atomic mass is 9.82. The SMILES string of the molecule is COC(OC)C1CCc2ccccc2C1=O. The van der Waals surface area contributed by atoms with Crippen molar-refractivity contribution in [3.05, 3.63) is 35.4 Å². The number of carbonyl (C=O) groups is 1. The number of carbonyl (C=O) groups excluding carboxylic acids is 1. The summed E-state index contributed by atoms with van der Waals surface area (Å²) in [5.74, 6) is -0.0412. The monoisotopic (exact) mass is 220 g/mol. The van der Waals surface area contributed by atoms with E-state index in [4.69, 9.17) is 9.47 Å². The largest absolute Gasteiger partial charge is 0.355 e. The number of methoxy groups -OCH3 is 2. The number of hydrogen-bond donors (Lipinski definition) is 0. The van der Waals surface area contributed by atoms with Crippen molar-refractivity contribution >= 4 is 5.78 Å². The number of Topliss-reactive ketones (excluding diaryl/α,β-unsaturated/α-hetero) is 1. The second-order valence-corrected chi connectivity index (χ2v) is 4.01. The third-order valence-corrected chi connectivity index (χ3v) is 3.14. The number of hydrogen-bond acceptors (Lipinski definition) is 3. The molecular formula is C13H16O3. The fourth-order valence-corrected chi connectivity index (χ4v) is 2.30. The minimum atomic E-state index is -0.430. The van der Waals surface area contributed by atoms with Gasteiger partial charge in [0.25, 0.3) is 0 Å². The topological polar surface area (TPSA) is 35.5 Å². The van der Waals surface area contributed by atoms with Crippen LogP contribution >= 0.6 is 0 Å². The molecule has 86 valence electrons. The van der Waals surface area contributed by atoms with Gasteiger partial charge in [-0.2, -0.15) is 0 Å². The quantitative estimate of drug-likeness (QED) is 0.731. The molecule has 1 aliphatic carbocycles. The average molecular weight is 220 g/mol. The van der Waals surface area contributed by atoms with E-state index in [-0.39, 0.29) is 11.7 Å². The van der Waals surface area contributed by atoms with Gasteiger partial charge in [0.1, 0.15) is 0 Å². The Labute approximate surface area is 95.4 Å². The van der Waals surface area contributed by atoms with Crippen LogP contribution in [-0.4, -0.2) is 26.3 Å². The Balaban J connectivity index is 2.27. The highest BCUT2D eigenvalue weighted by Gasteiger charge is 2.33. The highest BCUT2D eigenvalue weighted by Crippen LogP contribution is 2.28. The van der Waals surface area contributed by atoms with Crippen LogP contribution in [0.3, 0.4) is 0 Å². The zero-order chi connectivity index (χ0) is 11.5. The molecule has 0 bridgehead atoms. The molecule has 0 amide bonds. The molecule has 16 heavy (non-hydrogen) atoms. The van der Waals surface area contributed by atoms with Crippen molar-refractivity contribution in [3.63, 3.8) is 0 Å². The maximum atomic E-state index is 12.2. The van der Waals surface area contributed by atoms with Gasteiger partial charge in [0.2, 0.25) is 0 Å². The minimum absolute atomic E-state index is 0.135. The molecule has 0 radical (unpaired) electrons. The predicted octanol–water partition coefficient (Wildman–Crippen LogP) is 2.05. The van der Waals surface area contributed by atoms with Crippen LogP contribution in [0.2, 0.25) is 0 Å². The minimum Gasteiger partial charge on any atom is -0.355 e. The lowest BCUT2D eigenvalue weighted by molar-refractivity contribution is -0.128. The molecule has 3 heteroatoms. The van der Waals surface area contributed by atoms with Crippen LogP contribution in [-0.2, 0) is 15.9 Å². The summed E-state index contributed by atoms with van der Waals surface area (Å²) in [7, 11) is 3.14. The van der Waals surface area contributed by atoms with E-state index in [1.165, 1.54) is 0 Å². The van der Waals surface area contributed by atoms with Gasteiger partial charge in [-0.3, -0.25) is 4.79 Å². The van der Waals surface area contributed by atoms with Crippen LogP contribution in [0.15, 0.2) is 24.3 Å². The Morgan fingerprint density at radius 2 is 1.94 bits per heavy atom. The molecule has 3 nitrogen and oxygen atoms in total. The first-order chi connectivity index (χ1) is 7.77. The Morgan fingerprint density at radius 3 is 2.62 bits per heavy atom. The predicted molar refractivity (Wildman–Crippen MR) is 60.4 cm³/mol. The van der Waals surface area contributed by atoms with Crippen molar-refractivity contribution in [1.29, 1.82) is 0 Å². The summed E-state index contributed by atoms with van der Waals surface area (Å²) < 4.78 is 10.4. The number of fused-ring (bicyclic) bond motifs is 1. The summed E-state index contributed by atoms with van der Waals surface area (Å²) >= 11 is 0. The number of ether oxygens (including phenoxy) is 2. The molecular weight excluding hydrogens is 204 g/mol. The molecule has 1 aliphatic rings. The zero-order valence-electron chi connectivity index (χ0n) is 9.60. The molecule has 0 heterocycles. The second-order valence-electron chi connectivity index (χ2n) is 4.01. The van der Waals surface area contributed by atoms with Crippen LogP contribution < -0.4 is 0 Å². The van der Waals surface area contributed by atoms with Gasteiger partial charge >= 0.3 is 0 Å². The van der Waals surface area contributed by atoms with Gasteiger partial charge in [-0.25, -0.2) is 0 Å². The second kappa shape index (κ2) is 4.76. The Bertz CT molecular complexity index is 383. The number of aryl methyl sites for hydroxylation is 1. The normalized spacial score (nSPS) is 19.9. The van der Waals surface area contributed by atoms with Crippen LogP contribution in [0.5, 0.6) is 0 Å². The van der Waals surface area contributed by atoms with E-state index in [9.17, 15) is 4.79 Å². The van der Waals surface area contributed by atoms with Crippen molar-refractivity contribution < 1.29 is 14.3 Å². The molecule has 0 saturated heterocycles. The maximum absolute atomic E-state index is 12.2. The molecule has 0 saturated carbocycles. The van der Waals surface area contributed by atoms with Crippen molar-refractivity contribution in [1.82, 2.24) is 0 Å². The summed E-state index contributed by atoms with van der Waals surface area (Å²) in [6.45, 7) is 0. The molecule has 1 atom stereocenters. The van der Waals surface area contributed by atoms with Gasteiger partial charge in [0, 0.05) is 19.8 Å². The summed E-state index contributed by atoms with van der Waals surface area (Å²) in [6, 6.07) is 7.76. The first kappa shape index (κ1) is 11.3. The molecule has 2 rings (SSSR count). The molecule has 0 aromatic heterocycles. The van der Waals surface area contributed by atoms with Crippen molar-refractivity contribution in [3.8, 4) is 0 Å². The molecule has 1 unspecified atom stereocenters. The van der Waals surface area contributed by atoms with Gasteiger partial charge in [-0.15, -0.1) is 0 Å². The third-order valence-electron chi connectivity index (χ3n) is 3.14. The first-order valence-electron chi connectivity index (χ1n) is 5.45. The van der Waals surface area contributed by atoms with Crippen LogP contribution in [0, 0.1) is 5.92 Å². The smallest absolute Gasteiger partial charge is 0.171 e. The average Bonchev–Trinajstić information content (AvgIpc) is 2.34. The van der Waals surface area contributed by atoms with E-state index in [1.54, 1.807) is 14.2 Å². The Hall–Kier alpha value is -1.19. The number of ketones is 1. The van der Waals surface area contributed by atoms with Crippen LogP contribution in [0.25, 0.3) is 0 Å². The van der Waals surface area contributed by atoms with Gasteiger partial charge in [0.15, 0.2) is 12.1 Å². The Morgan fingerprint density at radius 1 is 1.25 bits per heavy atom. The lowest BCUT2D eigenvalue weighted by Crippen LogP contribution is -2.35. The van der Waals surface area contributed by atoms with E-state index in [2.05, 4.69) is 0 Å². The third kappa shape index (κ3) is 1.88. The zero-order valence-corrected chi connectivity index (χ0v) is 9.60. The van der Waals surface area contributed by atoms with Crippen LogP contribution in [0.4, 0.5) is 0 Å². The fourth-order valence-electron chi connectivity index (χ4n) is 2.30. The molecule has 0 fully saturated rings. The summed E-state index contributed by atoms with van der Waals surface area (Å²) in [4.78, 5) is 12.2. The van der Waals surface area contributed by atoms with Crippen molar-refractivity contribution in [2.75, 3.05) is 14.2 Å². The van der Waals surface area contributed by atoms with Crippen LogP contribution in [0.1, 0.15) is 22.3 Å². The van der Waals surface area contributed by atoms with E-state index in [0.717, 1.165) is 24.0 Å².